The number of amides is 3. The number of nitrogens with two attached hydrogens (primary N) is 1. The van der Waals surface area contributed by atoms with E-state index in [0.29, 0.717) is 0 Å². The Morgan fingerprint density at radius 1 is 1.11 bits per heavy atom. The van der Waals surface area contributed by atoms with E-state index in [1.165, 1.54) is 0 Å². The summed E-state index contributed by atoms with van der Waals surface area (Å²) in [5.41, 5.74) is 5.86. The molecule has 1 aromatic rings. The predicted octanol–water partition coefficient (Wildman–Crippen LogP) is 0.772. The number of hydrogen-bond donors (Lipinski definition) is 4. The number of hydrogen-bond acceptors (Lipinski definition) is 5. The molecule has 2 atom stereocenters. The molecular formula is C18H25N3O6. The summed E-state index contributed by atoms with van der Waals surface area (Å²) < 4.78 is 5.05. The molecule has 3 amide bonds. The highest BCUT2D eigenvalue weighted by atomic mass is 16.5. The molecule has 1 rings (SSSR count). The van der Waals surface area contributed by atoms with Crippen LogP contribution in [-0.2, 0) is 25.7 Å². The van der Waals surface area contributed by atoms with Crippen molar-refractivity contribution in [3.05, 3.63) is 35.9 Å². The number of primary amides is 1. The molecule has 27 heavy (non-hydrogen) atoms. The van der Waals surface area contributed by atoms with E-state index in [1.807, 2.05) is 6.07 Å². The topological polar surface area (TPSA) is 148 Å². The summed E-state index contributed by atoms with van der Waals surface area (Å²) >= 11 is 0. The zero-order chi connectivity index (χ0) is 20.4. The van der Waals surface area contributed by atoms with Gasteiger partial charge in [-0.2, -0.15) is 0 Å². The van der Waals surface area contributed by atoms with Gasteiger partial charge in [0.2, 0.25) is 11.8 Å². The Balaban J connectivity index is 2.71. The second kappa shape index (κ2) is 10.8. The predicted molar refractivity (Wildman–Crippen MR) is 96.4 cm³/mol. The zero-order valence-corrected chi connectivity index (χ0v) is 15.3. The lowest BCUT2D eigenvalue weighted by Gasteiger charge is -2.22. The third-order valence-corrected chi connectivity index (χ3v) is 3.73. The third kappa shape index (κ3) is 8.21. The van der Waals surface area contributed by atoms with Crippen molar-refractivity contribution in [2.24, 2.45) is 11.7 Å². The van der Waals surface area contributed by atoms with Crippen LogP contribution in [0.15, 0.2) is 30.3 Å². The van der Waals surface area contributed by atoms with Crippen LogP contribution in [0.25, 0.3) is 0 Å². The zero-order valence-electron chi connectivity index (χ0n) is 15.3. The van der Waals surface area contributed by atoms with Crippen molar-refractivity contribution in [3.8, 4) is 0 Å². The van der Waals surface area contributed by atoms with Crippen LogP contribution in [0.1, 0.15) is 32.3 Å². The first-order valence-electron chi connectivity index (χ1n) is 8.49. The molecule has 0 fully saturated rings. The number of carbonyl (C=O) groups is 4. The molecule has 1 aromatic carbocycles. The van der Waals surface area contributed by atoms with Crippen LogP contribution in [0.3, 0.4) is 0 Å². The van der Waals surface area contributed by atoms with Gasteiger partial charge in [-0.1, -0.05) is 44.2 Å². The number of rotatable bonds is 10. The van der Waals surface area contributed by atoms with Crippen LogP contribution < -0.4 is 16.4 Å². The maximum absolute atomic E-state index is 12.4. The highest BCUT2D eigenvalue weighted by Crippen LogP contribution is 2.06. The molecule has 0 saturated carbocycles. The van der Waals surface area contributed by atoms with Gasteiger partial charge in [0.05, 0.1) is 0 Å². The molecule has 0 aromatic heterocycles. The monoisotopic (exact) mass is 379 g/mol. The average Bonchev–Trinajstić information content (AvgIpc) is 2.61. The van der Waals surface area contributed by atoms with Gasteiger partial charge in [-0.3, -0.25) is 9.59 Å². The number of ether oxygens (including phenoxy) is 1. The Bertz CT molecular complexity index is 662. The van der Waals surface area contributed by atoms with E-state index in [1.54, 1.807) is 38.1 Å². The minimum Gasteiger partial charge on any atom is -0.480 e. The molecule has 0 unspecified atom stereocenters. The van der Waals surface area contributed by atoms with Gasteiger partial charge in [-0.25, -0.2) is 9.59 Å². The standard InChI is InChI=1S/C18H25N3O6/c1-11(2)15(17(24)25)21-16(23)13(8-9-14(19)22)20-18(26)27-10-12-6-4-3-5-7-12/h3-7,11,13,15H,8-10H2,1-2H3,(H2,19,22)(H,20,26)(H,21,23)(H,24,25)/t13-,15-/m0/s1. The quantitative estimate of drug-likeness (QED) is 0.472. The number of benzene rings is 1. The van der Waals surface area contributed by atoms with E-state index >= 15 is 0 Å². The van der Waals surface area contributed by atoms with Gasteiger partial charge in [0.15, 0.2) is 0 Å². The van der Waals surface area contributed by atoms with E-state index < -0.39 is 36.0 Å². The normalized spacial score (nSPS) is 12.7. The molecule has 148 valence electrons. The van der Waals surface area contributed by atoms with Crippen molar-refractivity contribution >= 4 is 23.9 Å². The number of carboxylic acids is 1. The smallest absolute Gasteiger partial charge is 0.408 e. The first-order valence-corrected chi connectivity index (χ1v) is 8.49. The molecule has 0 spiro atoms. The molecule has 0 bridgehead atoms. The third-order valence-electron chi connectivity index (χ3n) is 3.73. The van der Waals surface area contributed by atoms with Crippen LogP contribution >= 0.6 is 0 Å². The first-order chi connectivity index (χ1) is 12.7. The molecule has 0 aliphatic heterocycles. The molecule has 0 radical (unpaired) electrons. The summed E-state index contributed by atoms with van der Waals surface area (Å²) in [7, 11) is 0. The Morgan fingerprint density at radius 3 is 2.26 bits per heavy atom. The fraction of sp³-hybridized carbons (Fsp3) is 0.444. The van der Waals surface area contributed by atoms with Crippen molar-refractivity contribution in [2.75, 3.05) is 0 Å². The molecule has 0 saturated heterocycles. The summed E-state index contributed by atoms with van der Waals surface area (Å²) in [5.74, 6) is -2.94. The summed E-state index contributed by atoms with van der Waals surface area (Å²) in [4.78, 5) is 46.6. The Labute approximate surface area is 157 Å². The van der Waals surface area contributed by atoms with Gasteiger partial charge < -0.3 is 26.2 Å². The van der Waals surface area contributed by atoms with Crippen LogP contribution in [0.2, 0.25) is 0 Å². The van der Waals surface area contributed by atoms with Crippen molar-refractivity contribution < 1.29 is 29.0 Å². The lowest BCUT2D eigenvalue weighted by Crippen LogP contribution is -2.53. The minimum atomic E-state index is -1.20. The fourth-order valence-corrected chi connectivity index (χ4v) is 2.23. The van der Waals surface area contributed by atoms with E-state index in [-0.39, 0.29) is 25.4 Å². The fourth-order valence-electron chi connectivity index (χ4n) is 2.23. The lowest BCUT2D eigenvalue weighted by molar-refractivity contribution is -0.143. The Kier molecular flexibility index (Phi) is 8.77. The number of carbonyl (C=O) groups excluding carboxylic acids is 3. The van der Waals surface area contributed by atoms with Crippen LogP contribution in [-0.4, -0.2) is 41.1 Å². The van der Waals surface area contributed by atoms with Gasteiger partial charge in [0.1, 0.15) is 18.7 Å². The van der Waals surface area contributed by atoms with Crippen LogP contribution in [0.4, 0.5) is 4.79 Å². The summed E-state index contributed by atoms with van der Waals surface area (Å²) in [6.45, 7) is 3.28. The molecule has 9 nitrogen and oxygen atoms in total. The SMILES string of the molecule is CC(C)[C@H](NC(=O)[C@H](CCC(N)=O)NC(=O)OCc1ccccc1)C(=O)O. The van der Waals surface area contributed by atoms with Crippen molar-refractivity contribution in [1.29, 1.82) is 0 Å². The van der Waals surface area contributed by atoms with E-state index in [2.05, 4.69) is 10.6 Å². The lowest BCUT2D eigenvalue weighted by atomic mass is 10.0. The summed E-state index contributed by atoms with van der Waals surface area (Å²) in [6, 6.07) is 6.66. The van der Waals surface area contributed by atoms with E-state index in [4.69, 9.17) is 10.5 Å². The summed E-state index contributed by atoms with van der Waals surface area (Å²) in [6.07, 6.45) is -1.09. The van der Waals surface area contributed by atoms with Crippen molar-refractivity contribution in [1.82, 2.24) is 10.6 Å². The number of carboxylic acid groups (broad SMARTS) is 1. The maximum Gasteiger partial charge on any atom is 0.408 e. The number of alkyl carbamates (subject to hydrolysis) is 1. The first kappa shape index (κ1) is 21.9. The van der Waals surface area contributed by atoms with Gasteiger partial charge in [0, 0.05) is 6.42 Å². The number of nitrogens with one attached hydrogen (secondary N) is 2. The van der Waals surface area contributed by atoms with E-state index in [0.717, 1.165) is 5.56 Å². The highest BCUT2D eigenvalue weighted by Gasteiger charge is 2.29. The van der Waals surface area contributed by atoms with Crippen molar-refractivity contribution in [3.63, 3.8) is 0 Å². The molecule has 5 N–H and O–H groups in total. The molecule has 0 aliphatic carbocycles. The largest absolute Gasteiger partial charge is 0.480 e. The molecular weight excluding hydrogens is 354 g/mol. The molecule has 0 heterocycles. The molecule has 0 aliphatic rings. The minimum absolute atomic E-state index is 0.000572. The van der Waals surface area contributed by atoms with Crippen LogP contribution in [0.5, 0.6) is 0 Å². The van der Waals surface area contributed by atoms with Gasteiger partial charge in [0.25, 0.3) is 0 Å². The van der Waals surface area contributed by atoms with E-state index in [9.17, 15) is 24.3 Å². The number of aliphatic carboxylic acids is 1. The van der Waals surface area contributed by atoms with Gasteiger partial charge >= 0.3 is 12.1 Å². The molecule has 9 heteroatoms. The average molecular weight is 379 g/mol. The second-order valence-corrected chi connectivity index (χ2v) is 6.33. The van der Waals surface area contributed by atoms with Gasteiger partial charge in [-0.15, -0.1) is 0 Å². The Morgan fingerprint density at radius 2 is 1.74 bits per heavy atom. The highest BCUT2D eigenvalue weighted by molar-refractivity contribution is 5.89. The summed E-state index contributed by atoms with van der Waals surface area (Å²) in [5, 5.41) is 13.9. The van der Waals surface area contributed by atoms with Crippen LogP contribution in [0, 0.1) is 5.92 Å². The van der Waals surface area contributed by atoms with Crippen molar-refractivity contribution in [2.45, 2.75) is 45.4 Å². The van der Waals surface area contributed by atoms with Gasteiger partial charge in [-0.05, 0) is 17.9 Å². The Hall–Kier alpha value is -3.10. The maximum atomic E-state index is 12.4. The second-order valence-electron chi connectivity index (χ2n) is 6.33.